The molecule has 0 N–H and O–H groups in total. The van der Waals surface area contributed by atoms with Crippen molar-refractivity contribution in [3.05, 3.63) is 30.4 Å². The minimum absolute atomic E-state index is 0.106. The Labute approximate surface area is 160 Å². The molecule has 27 heavy (non-hydrogen) atoms. The molecule has 3 rings (SSSR count). The maximum Gasteiger partial charge on any atom is 0.243 e. The van der Waals surface area contributed by atoms with E-state index in [2.05, 4.69) is 12.2 Å². The van der Waals surface area contributed by atoms with Crippen LogP contribution >= 0.6 is 0 Å². The van der Waals surface area contributed by atoms with Crippen molar-refractivity contribution in [2.45, 2.75) is 24.2 Å². The van der Waals surface area contributed by atoms with Gasteiger partial charge in [-0.15, -0.1) is 0 Å². The Morgan fingerprint density at radius 2 is 1.81 bits per heavy atom. The number of benzene rings is 1. The molecule has 148 valence electrons. The Balaban J connectivity index is 1.64. The first-order chi connectivity index (χ1) is 13.0. The smallest absolute Gasteiger partial charge is 0.243 e. The Kier molecular flexibility index (Phi) is 6.06. The minimum Gasteiger partial charge on any atom is -0.493 e. The summed E-state index contributed by atoms with van der Waals surface area (Å²) in [7, 11) is -0.668. The summed E-state index contributed by atoms with van der Waals surface area (Å²) in [5.41, 5.74) is 0. The Morgan fingerprint density at radius 1 is 1.11 bits per heavy atom. The Morgan fingerprint density at radius 3 is 2.41 bits per heavy atom. The third-order valence-electron chi connectivity index (χ3n) is 5.13. The zero-order valence-electron chi connectivity index (χ0n) is 15.8. The zero-order valence-corrected chi connectivity index (χ0v) is 16.6. The molecule has 1 aliphatic carbocycles. The van der Waals surface area contributed by atoms with Crippen molar-refractivity contribution in [1.82, 2.24) is 9.21 Å². The van der Waals surface area contributed by atoms with Gasteiger partial charge in [0.05, 0.1) is 19.1 Å². The van der Waals surface area contributed by atoms with E-state index in [0.29, 0.717) is 50.0 Å². The van der Waals surface area contributed by atoms with E-state index in [9.17, 15) is 13.2 Å². The third kappa shape index (κ3) is 4.27. The molecule has 0 saturated carbocycles. The van der Waals surface area contributed by atoms with E-state index in [-0.39, 0.29) is 10.8 Å². The van der Waals surface area contributed by atoms with Gasteiger partial charge in [0.25, 0.3) is 0 Å². The molecule has 0 radical (unpaired) electrons. The predicted octanol–water partition coefficient (Wildman–Crippen LogP) is 1.89. The lowest BCUT2D eigenvalue weighted by Crippen LogP contribution is -2.50. The topological polar surface area (TPSA) is 76.2 Å². The van der Waals surface area contributed by atoms with Gasteiger partial charge >= 0.3 is 0 Å². The van der Waals surface area contributed by atoms with Crippen molar-refractivity contribution in [2.24, 2.45) is 5.92 Å². The average molecular weight is 394 g/mol. The largest absolute Gasteiger partial charge is 0.493 e. The molecule has 0 bridgehead atoms. The molecular formula is C19H26N2O5S. The SMILES string of the molecule is COc1ccc(S(=O)(=O)N2CCN(C(=O)CC3C=CCC3)CC2)cc1OC. The highest BCUT2D eigenvalue weighted by atomic mass is 32.2. The van der Waals surface area contributed by atoms with Crippen molar-refractivity contribution in [2.75, 3.05) is 40.4 Å². The summed E-state index contributed by atoms with van der Waals surface area (Å²) in [6.07, 6.45) is 6.80. The molecule has 1 amide bonds. The van der Waals surface area contributed by atoms with Gasteiger partial charge in [0.1, 0.15) is 0 Å². The van der Waals surface area contributed by atoms with Gasteiger partial charge in [-0.1, -0.05) is 12.2 Å². The van der Waals surface area contributed by atoms with Crippen LogP contribution in [0.2, 0.25) is 0 Å². The fourth-order valence-electron chi connectivity index (χ4n) is 3.52. The highest BCUT2D eigenvalue weighted by Crippen LogP contribution is 2.31. The summed E-state index contributed by atoms with van der Waals surface area (Å²) in [4.78, 5) is 14.4. The second kappa shape index (κ2) is 8.31. The molecule has 1 fully saturated rings. The molecule has 0 aromatic heterocycles. The number of methoxy groups -OCH3 is 2. The van der Waals surface area contributed by atoms with Gasteiger partial charge in [-0.05, 0) is 30.9 Å². The molecule has 8 heteroatoms. The number of amides is 1. The molecule has 1 heterocycles. The van der Waals surface area contributed by atoms with Crippen LogP contribution in [0.15, 0.2) is 35.2 Å². The maximum atomic E-state index is 12.9. The fraction of sp³-hybridized carbons (Fsp3) is 0.526. The van der Waals surface area contributed by atoms with Crippen LogP contribution in [0, 0.1) is 5.92 Å². The lowest BCUT2D eigenvalue weighted by atomic mass is 10.0. The fourth-order valence-corrected chi connectivity index (χ4v) is 4.96. The van der Waals surface area contributed by atoms with Crippen LogP contribution in [0.25, 0.3) is 0 Å². The number of piperazine rings is 1. The number of carbonyl (C=O) groups excluding carboxylic acids is 1. The van der Waals surface area contributed by atoms with E-state index in [0.717, 1.165) is 12.8 Å². The number of hydrogen-bond donors (Lipinski definition) is 0. The summed E-state index contributed by atoms with van der Waals surface area (Å²) in [6.45, 7) is 1.43. The zero-order chi connectivity index (χ0) is 19.4. The molecule has 1 aromatic carbocycles. The number of carbonyl (C=O) groups is 1. The molecule has 1 unspecified atom stereocenters. The summed E-state index contributed by atoms with van der Waals surface area (Å²) in [5.74, 6) is 1.28. The lowest BCUT2D eigenvalue weighted by Gasteiger charge is -2.34. The van der Waals surface area contributed by atoms with Crippen molar-refractivity contribution in [1.29, 1.82) is 0 Å². The normalized spacial score (nSPS) is 20.7. The molecule has 0 spiro atoms. The van der Waals surface area contributed by atoms with Crippen LogP contribution < -0.4 is 9.47 Å². The number of nitrogens with zero attached hydrogens (tertiary/aromatic N) is 2. The molecule has 7 nitrogen and oxygen atoms in total. The Hall–Kier alpha value is -2.06. The predicted molar refractivity (Wildman–Crippen MR) is 101 cm³/mol. The van der Waals surface area contributed by atoms with Crippen molar-refractivity contribution in [3.8, 4) is 11.5 Å². The van der Waals surface area contributed by atoms with Crippen LogP contribution in [0.1, 0.15) is 19.3 Å². The second-order valence-electron chi connectivity index (χ2n) is 6.77. The van der Waals surface area contributed by atoms with E-state index >= 15 is 0 Å². The molecule has 1 atom stereocenters. The summed E-state index contributed by atoms with van der Waals surface area (Å²) < 4.78 is 37.6. The summed E-state index contributed by atoms with van der Waals surface area (Å²) >= 11 is 0. The first-order valence-electron chi connectivity index (χ1n) is 9.12. The van der Waals surface area contributed by atoms with E-state index in [1.807, 2.05) is 0 Å². The Bertz CT molecular complexity index is 813. The minimum atomic E-state index is -3.64. The molecule has 1 aliphatic heterocycles. The molecule has 2 aliphatic rings. The maximum absolute atomic E-state index is 12.9. The molecule has 1 aromatic rings. The second-order valence-corrected chi connectivity index (χ2v) is 8.71. The number of sulfonamides is 1. The first-order valence-corrected chi connectivity index (χ1v) is 10.6. The standard InChI is InChI=1S/C19H26N2O5S/c1-25-17-8-7-16(14-18(17)26-2)27(23,24)21-11-9-20(10-12-21)19(22)13-15-5-3-4-6-15/h3,5,7-8,14-15H,4,6,9-13H2,1-2H3. The van der Waals surface area contributed by atoms with Crippen LogP contribution in [-0.2, 0) is 14.8 Å². The molecule has 1 saturated heterocycles. The van der Waals surface area contributed by atoms with Gasteiger partial charge in [-0.25, -0.2) is 8.42 Å². The van der Waals surface area contributed by atoms with Crippen molar-refractivity contribution < 1.29 is 22.7 Å². The molecular weight excluding hydrogens is 368 g/mol. The highest BCUT2D eigenvalue weighted by Gasteiger charge is 2.31. The van der Waals surface area contributed by atoms with Gasteiger partial charge in [0, 0.05) is 38.7 Å². The van der Waals surface area contributed by atoms with E-state index in [1.54, 1.807) is 11.0 Å². The van der Waals surface area contributed by atoms with Crippen molar-refractivity contribution in [3.63, 3.8) is 0 Å². The monoisotopic (exact) mass is 394 g/mol. The van der Waals surface area contributed by atoms with E-state index < -0.39 is 10.0 Å². The number of hydrogen-bond acceptors (Lipinski definition) is 5. The van der Waals surface area contributed by atoms with Crippen LogP contribution in [0.3, 0.4) is 0 Å². The van der Waals surface area contributed by atoms with Gasteiger partial charge < -0.3 is 14.4 Å². The van der Waals surface area contributed by atoms with Gasteiger partial charge in [0.2, 0.25) is 15.9 Å². The lowest BCUT2D eigenvalue weighted by molar-refractivity contribution is -0.133. The van der Waals surface area contributed by atoms with Crippen molar-refractivity contribution >= 4 is 15.9 Å². The first kappa shape index (κ1) is 19.7. The van der Waals surface area contributed by atoms with Gasteiger partial charge in [-0.2, -0.15) is 4.31 Å². The summed E-state index contributed by atoms with van der Waals surface area (Å²) in [5, 5.41) is 0. The quantitative estimate of drug-likeness (QED) is 0.689. The van der Waals surface area contributed by atoms with Crippen LogP contribution in [0.4, 0.5) is 0 Å². The number of ether oxygens (including phenoxy) is 2. The highest BCUT2D eigenvalue weighted by molar-refractivity contribution is 7.89. The van der Waals surface area contributed by atoms with Crippen LogP contribution in [-0.4, -0.2) is 63.9 Å². The number of rotatable bonds is 6. The van der Waals surface area contributed by atoms with Gasteiger partial charge in [0.15, 0.2) is 11.5 Å². The average Bonchev–Trinajstić information content (AvgIpc) is 3.20. The van der Waals surface area contributed by atoms with E-state index in [4.69, 9.17) is 9.47 Å². The summed E-state index contributed by atoms with van der Waals surface area (Å²) in [6, 6.07) is 4.57. The van der Waals surface area contributed by atoms with Gasteiger partial charge in [-0.3, -0.25) is 4.79 Å². The van der Waals surface area contributed by atoms with Crippen LogP contribution in [0.5, 0.6) is 11.5 Å². The number of allylic oxidation sites excluding steroid dienone is 2. The third-order valence-corrected chi connectivity index (χ3v) is 7.03. The van der Waals surface area contributed by atoms with E-state index in [1.165, 1.54) is 30.7 Å².